The highest BCUT2D eigenvalue weighted by Gasteiger charge is 1.99. The summed E-state index contributed by atoms with van der Waals surface area (Å²) < 4.78 is 1.43. The molecule has 2 rings (SSSR count). The summed E-state index contributed by atoms with van der Waals surface area (Å²) in [5.74, 6) is 0.497. The van der Waals surface area contributed by atoms with Crippen molar-refractivity contribution in [3.8, 4) is 0 Å². The summed E-state index contributed by atoms with van der Waals surface area (Å²) in [4.78, 5) is 7.59. The number of nitrogens with two attached hydrogens (primary N) is 2. The lowest BCUT2D eigenvalue weighted by molar-refractivity contribution is 0.918. The zero-order chi connectivity index (χ0) is 7.84. The fourth-order valence-corrected chi connectivity index (χ4v) is 0.831. The van der Waals surface area contributed by atoms with E-state index in [2.05, 4.69) is 15.1 Å². The minimum absolute atomic E-state index is 0.183. The first-order valence-corrected chi connectivity index (χ1v) is 2.99. The molecule has 0 saturated carbocycles. The first kappa shape index (κ1) is 5.90. The van der Waals surface area contributed by atoms with Crippen LogP contribution in [0, 0.1) is 0 Å². The normalized spacial score (nSPS) is 10.5. The Kier molecular flexibility index (Phi) is 0.974. The van der Waals surface area contributed by atoms with Gasteiger partial charge in [-0.25, -0.2) is 9.97 Å². The van der Waals surface area contributed by atoms with E-state index < -0.39 is 0 Å². The molecule has 0 spiro atoms. The largest absolute Gasteiger partial charge is 0.368 e. The van der Waals surface area contributed by atoms with Gasteiger partial charge in [0, 0.05) is 0 Å². The van der Waals surface area contributed by atoms with Crippen LogP contribution in [0.15, 0.2) is 12.4 Å². The van der Waals surface area contributed by atoms with Gasteiger partial charge in [-0.05, 0) is 0 Å². The molecule has 0 atom stereocenters. The number of nitrogens with zero attached hydrogens (tertiary/aromatic N) is 4. The fraction of sp³-hybridized carbons (Fsp3) is 0. The number of hydrogen-bond acceptors (Lipinski definition) is 5. The number of nitrogen functional groups attached to an aromatic ring is 2. The molecule has 0 radical (unpaired) electrons. The van der Waals surface area contributed by atoms with Crippen molar-refractivity contribution in [2.45, 2.75) is 0 Å². The van der Waals surface area contributed by atoms with Crippen molar-refractivity contribution < 1.29 is 0 Å². The third kappa shape index (κ3) is 0.759. The molecule has 0 aliphatic heterocycles. The van der Waals surface area contributed by atoms with Gasteiger partial charge in [0.25, 0.3) is 0 Å². The third-order valence-corrected chi connectivity index (χ3v) is 1.32. The summed E-state index contributed by atoms with van der Waals surface area (Å²) in [5.41, 5.74) is 11.5. The van der Waals surface area contributed by atoms with Crippen molar-refractivity contribution in [1.29, 1.82) is 0 Å². The van der Waals surface area contributed by atoms with Crippen molar-refractivity contribution in [3.05, 3.63) is 12.4 Å². The van der Waals surface area contributed by atoms with Crippen molar-refractivity contribution in [2.75, 3.05) is 11.5 Å². The summed E-state index contributed by atoms with van der Waals surface area (Å²) in [7, 11) is 0. The Morgan fingerprint density at radius 3 is 2.73 bits per heavy atom. The highest BCUT2D eigenvalue weighted by atomic mass is 15.3. The second-order valence-electron chi connectivity index (χ2n) is 2.07. The van der Waals surface area contributed by atoms with Crippen LogP contribution in [-0.2, 0) is 0 Å². The van der Waals surface area contributed by atoms with Gasteiger partial charge in [0.1, 0.15) is 5.52 Å². The lowest BCUT2D eigenvalue weighted by Gasteiger charge is -1.93. The van der Waals surface area contributed by atoms with Gasteiger partial charge in [-0.3, -0.25) is 0 Å². The molecule has 2 aromatic rings. The lowest BCUT2D eigenvalue weighted by atomic mass is 10.6. The molecule has 0 aliphatic carbocycles. The highest BCUT2D eigenvalue weighted by Crippen LogP contribution is 2.04. The zero-order valence-corrected chi connectivity index (χ0v) is 5.60. The summed E-state index contributed by atoms with van der Waals surface area (Å²) in [6.45, 7) is 0. The van der Waals surface area contributed by atoms with Crippen LogP contribution in [0.5, 0.6) is 0 Å². The van der Waals surface area contributed by atoms with Gasteiger partial charge in [-0.15, -0.1) is 5.10 Å². The second kappa shape index (κ2) is 1.82. The first-order valence-electron chi connectivity index (χ1n) is 2.99. The van der Waals surface area contributed by atoms with Crippen LogP contribution in [0.4, 0.5) is 11.9 Å². The van der Waals surface area contributed by atoms with E-state index in [1.165, 1.54) is 4.52 Å². The molecule has 11 heavy (non-hydrogen) atoms. The van der Waals surface area contributed by atoms with Crippen LogP contribution in [0.3, 0.4) is 0 Å². The average Bonchev–Trinajstić information content (AvgIpc) is 2.33. The van der Waals surface area contributed by atoms with Crippen molar-refractivity contribution in [2.24, 2.45) is 0 Å². The molecule has 0 saturated heterocycles. The Bertz CT molecular complexity index is 391. The summed E-state index contributed by atoms with van der Waals surface area (Å²) >= 11 is 0. The molecule has 0 amide bonds. The Hall–Kier alpha value is -1.85. The number of imidazole rings is 1. The van der Waals surface area contributed by atoms with Crippen LogP contribution in [0.25, 0.3) is 5.52 Å². The van der Waals surface area contributed by atoms with Crippen molar-refractivity contribution in [1.82, 2.24) is 19.6 Å². The van der Waals surface area contributed by atoms with Gasteiger partial charge in [0.15, 0.2) is 0 Å². The quantitative estimate of drug-likeness (QED) is 0.517. The molecule has 2 heterocycles. The molecule has 4 N–H and O–H groups in total. The maximum Gasteiger partial charge on any atom is 0.238 e. The topological polar surface area (TPSA) is 95.1 Å². The van der Waals surface area contributed by atoms with E-state index in [0.29, 0.717) is 5.95 Å². The third-order valence-electron chi connectivity index (χ3n) is 1.32. The van der Waals surface area contributed by atoms with E-state index in [0.717, 1.165) is 5.52 Å². The zero-order valence-electron chi connectivity index (χ0n) is 5.60. The standard InChI is InChI=1S/C5H6N6/c6-4-8-1-3-2-9-5(7)11(3)10-4/h1-2H,(H2,6,10)(H2,7,9). The summed E-state index contributed by atoms with van der Waals surface area (Å²) in [5, 5.41) is 3.83. The smallest absolute Gasteiger partial charge is 0.238 e. The summed E-state index contributed by atoms with van der Waals surface area (Å²) in [6, 6.07) is 0. The van der Waals surface area contributed by atoms with Crippen LogP contribution < -0.4 is 11.5 Å². The van der Waals surface area contributed by atoms with Gasteiger partial charge in [-0.1, -0.05) is 0 Å². The van der Waals surface area contributed by atoms with E-state index in [1.807, 2.05) is 0 Å². The van der Waals surface area contributed by atoms with Crippen molar-refractivity contribution in [3.63, 3.8) is 0 Å². The molecule has 6 heteroatoms. The van der Waals surface area contributed by atoms with E-state index in [4.69, 9.17) is 11.5 Å². The predicted molar refractivity (Wildman–Crippen MR) is 39.6 cm³/mol. The molecule has 56 valence electrons. The maximum absolute atomic E-state index is 5.45. The van der Waals surface area contributed by atoms with E-state index in [-0.39, 0.29) is 5.95 Å². The van der Waals surface area contributed by atoms with Gasteiger partial charge in [-0.2, -0.15) is 4.52 Å². The van der Waals surface area contributed by atoms with Crippen LogP contribution >= 0.6 is 0 Å². The average molecular weight is 150 g/mol. The van der Waals surface area contributed by atoms with Crippen LogP contribution in [0.1, 0.15) is 0 Å². The second-order valence-corrected chi connectivity index (χ2v) is 2.07. The molecule has 0 unspecified atom stereocenters. The van der Waals surface area contributed by atoms with E-state index >= 15 is 0 Å². The Morgan fingerprint density at radius 1 is 1.18 bits per heavy atom. The van der Waals surface area contributed by atoms with E-state index in [9.17, 15) is 0 Å². The van der Waals surface area contributed by atoms with Crippen LogP contribution in [-0.4, -0.2) is 19.6 Å². The fourth-order valence-electron chi connectivity index (χ4n) is 0.831. The highest BCUT2D eigenvalue weighted by molar-refractivity contribution is 5.47. The van der Waals surface area contributed by atoms with Gasteiger partial charge in [0.05, 0.1) is 12.4 Å². The molecule has 0 aromatic carbocycles. The first-order chi connectivity index (χ1) is 5.27. The Labute approximate surface area is 61.9 Å². The Balaban J connectivity index is 2.87. The molecule has 0 aliphatic rings. The molecule has 0 bridgehead atoms. The minimum atomic E-state index is 0.183. The summed E-state index contributed by atoms with van der Waals surface area (Å²) in [6.07, 6.45) is 3.14. The number of aromatic nitrogens is 4. The molecular weight excluding hydrogens is 144 g/mol. The maximum atomic E-state index is 5.45. The minimum Gasteiger partial charge on any atom is -0.368 e. The van der Waals surface area contributed by atoms with E-state index in [1.54, 1.807) is 12.4 Å². The van der Waals surface area contributed by atoms with Gasteiger partial charge in [0.2, 0.25) is 11.9 Å². The number of fused-ring (bicyclic) bond motifs is 1. The Morgan fingerprint density at radius 2 is 1.91 bits per heavy atom. The number of anilines is 2. The molecular formula is C5H6N6. The molecule has 0 fully saturated rings. The number of hydrogen-bond donors (Lipinski definition) is 2. The SMILES string of the molecule is Nc1ncc2cnc(N)n2n1. The molecule has 2 aromatic heterocycles. The monoisotopic (exact) mass is 150 g/mol. The van der Waals surface area contributed by atoms with Gasteiger partial charge >= 0.3 is 0 Å². The molecule has 6 nitrogen and oxygen atoms in total. The number of rotatable bonds is 0. The van der Waals surface area contributed by atoms with Gasteiger partial charge < -0.3 is 11.5 Å². The van der Waals surface area contributed by atoms with Crippen LogP contribution in [0.2, 0.25) is 0 Å². The van der Waals surface area contributed by atoms with Crippen molar-refractivity contribution >= 4 is 17.4 Å². The lowest BCUT2D eigenvalue weighted by Crippen LogP contribution is -2.03. The predicted octanol–water partition coefficient (Wildman–Crippen LogP) is -0.711.